The summed E-state index contributed by atoms with van der Waals surface area (Å²) in [6, 6.07) is 13.4. The number of nitriles is 1. The number of hydrogen-bond donors (Lipinski definition) is 1. The van der Waals surface area contributed by atoms with E-state index in [1.165, 1.54) is 32.4 Å². The van der Waals surface area contributed by atoms with E-state index in [2.05, 4.69) is 10.1 Å². The number of carbonyl (C=O) groups is 1. The first-order chi connectivity index (χ1) is 18.4. The summed E-state index contributed by atoms with van der Waals surface area (Å²) in [5.74, 6) is -3.92. The van der Waals surface area contributed by atoms with Crippen LogP contribution in [0.1, 0.15) is 15.9 Å². The molecule has 39 heavy (non-hydrogen) atoms. The molecule has 0 fully saturated rings. The minimum Gasteiger partial charge on any atom is -0.497 e. The number of rotatable bonds is 6. The molecule has 0 atom stereocenters. The van der Waals surface area contributed by atoms with Gasteiger partial charge in [-0.1, -0.05) is 12.1 Å². The summed E-state index contributed by atoms with van der Waals surface area (Å²) in [4.78, 5) is 26.6. The smallest absolute Gasteiger partial charge is 0.497 e. The Morgan fingerprint density at radius 3 is 2.18 bits per heavy atom. The number of methoxy groups -OCH3 is 1. The monoisotopic (exact) mass is 544 g/mol. The number of nitrogens with zero attached hydrogens (tertiary/aromatic N) is 3. The topological polar surface area (TPSA) is 98.3 Å². The van der Waals surface area contributed by atoms with E-state index in [1.54, 1.807) is 6.07 Å². The summed E-state index contributed by atoms with van der Waals surface area (Å²) >= 11 is 0. The van der Waals surface area contributed by atoms with Crippen molar-refractivity contribution in [3.63, 3.8) is 0 Å². The van der Waals surface area contributed by atoms with Crippen LogP contribution in [0.5, 0.6) is 11.5 Å². The number of amides is 1. The average Bonchev–Trinajstić information content (AvgIpc) is 3.11. The average molecular weight is 544 g/mol. The van der Waals surface area contributed by atoms with Crippen LogP contribution >= 0.6 is 0 Å². The van der Waals surface area contributed by atoms with Crippen LogP contribution in [-0.2, 0) is 7.05 Å². The minimum atomic E-state index is -4.94. The maximum Gasteiger partial charge on any atom is 0.573 e. The molecule has 0 spiro atoms. The van der Waals surface area contributed by atoms with Gasteiger partial charge < -0.3 is 14.8 Å². The van der Waals surface area contributed by atoms with Crippen molar-refractivity contribution in [3.05, 3.63) is 93.8 Å². The van der Waals surface area contributed by atoms with E-state index in [0.717, 1.165) is 45.8 Å². The molecular formula is C26H17F5N4O4. The zero-order valence-corrected chi connectivity index (χ0v) is 20.1. The number of hydrogen-bond acceptors (Lipinski definition) is 5. The molecule has 1 N–H and O–H groups in total. The van der Waals surface area contributed by atoms with E-state index in [-0.39, 0.29) is 28.3 Å². The normalized spacial score (nSPS) is 11.1. The molecule has 0 radical (unpaired) electrons. The summed E-state index contributed by atoms with van der Waals surface area (Å²) in [5, 5.41) is 11.8. The first kappa shape index (κ1) is 26.9. The Bertz CT molecular complexity index is 1640. The molecule has 0 unspecified atom stereocenters. The predicted molar refractivity (Wildman–Crippen MR) is 129 cm³/mol. The van der Waals surface area contributed by atoms with Crippen molar-refractivity contribution in [2.24, 2.45) is 7.05 Å². The van der Waals surface area contributed by atoms with Crippen molar-refractivity contribution >= 4 is 11.6 Å². The molecule has 0 saturated heterocycles. The molecule has 1 amide bonds. The van der Waals surface area contributed by atoms with Gasteiger partial charge >= 0.3 is 6.36 Å². The highest BCUT2D eigenvalue weighted by atomic mass is 19.4. The number of para-hydroxylation sites is 1. The molecule has 0 aliphatic carbocycles. The molecule has 4 rings (SSSR count). The first-order valence-electron chi connectivity index (χ1n) is 11.0. The summed E-state index contributed by atoms with van der Waals surface area (Å²) in [6.45, 7) is 0. The van der Waals surface area contributed by atoms with Crippen LogP contribution in [0.15, 0.2) is 65.5 Å². The molecule has 200 valence electrons. The van der Waals surface area contributed by atoms with Crippen molar-refractivity contribution < 1.29 is 36.2 Å². The second kappa shape index (κ2) is 10.3. The first-order valence-corrected chi connectivity index (χ1v) is 11.0. The van der Waals surface area contributed by atoms with E-state index in [9.17, 15) is 28.0 Å². The fourth-order valence-corrected chi connectivity index (χ4v) is 3.92. The lowest BCUT2D eigenvalue weighted by molar-refractivity contribution is -0.274. The third kappa shape index (κ3) is 5.30. The van der Waals surface area contributed by atoms with Crippen LogP contribution in [0, 0.1) is 23.0 Å². The number of benzene rings is 3. The quantitative estimate of drug-likeness (QED) is 0.339. The Kier molecular flexibility index (Phi) is 7.13. The zero-order chi connectivity index (χ0) is 28.5. The second-order valence-corrected chi connectivity index (χ2v) is 7.99. The van der Waals surface area contributed by atoms with E-state index in [1.807, 2.05) is 6.07 Å². The van der Waals surface area contributed by atoms with Gasteiger partial charge in [0.25, 0.3) is 11.5 Å². The van der Waals surface area contributed by atoms with Crippen molar-refractivity contribution in [2.75, 3.05) is 12.4 Å². The zero-order valence-electron chi connectivity index (χ0n) is 20.1. The van der Waals surface area contributed by atoms with Crippen LogP contribution < -0.4 is 20.3 Å². The van der Waals surface area contributed by atoms with Gasteiger partial charge in [-0.3, -0.25) is 14.3 Å². The molecule has 8 nitrogen and oxygen atoms in total. The Morgan fingerprint density at radius 2 is 1.62 bits per heavy atom. The van der Waals surface area contributed by atoms with Crippen LogP contribution in [-0.4, -0.2) is 28.7 Å². The number of halogens is 5. The van der Waals surface area contributed by atoms with E-state index < -0.39 is 46.5 Å². The van der Waals surface area contributed by atoms with Crippen LogP contribution in [0.4, 0.5) is 27.6 Å². The molecule has 0 aliphatic heterocycles. The summed E-state index contributed by atoms with van der Waals surface area (Å²) in [6.07, 6.45) is -4.94. The van der Waals surface area contributed by atoms with Crippen LogP contribution in [0.3, 0.4) is 0 Å². The van der Waals surface area contributed by atoms with E-state index in [4.69, 9.17) is 4.74 Å². The van der Waals surface area contributed by atoms with Gasteiger partial charge in [-0.25, -0.2) is 13.5 Å². The molecule has 3 aromatic carbocycles. The van der Waals surface area contributed by atoms with Crippen molar-refractivity contribution in [2.45, 2.75) is 6.36 Å². The van der Waals surface area contributed by atoms with Gasteiger partial charge in [0, 0.05) is 24.7 Å². The molecule has 0 bridgehead atoms. The minimum absolute atomic E-state index is 0.0561. The number of carbonyl (C=O) groups excluding carboxylic acids is 1. The van der Waals surface area contributed by atoms with Gasteiger partial charge in [-0.15, -0.1) is 13.2 Å². The van der Waals surface area contributed by atoms with Gasteiger partial charge in [0.2, 0.25) is 0 Å². The molecule has 1 heterocycles. The molecule has 0 aliphatic rings. The highest BCUT2D eigenvalue weighted by Crippen LogP contribution is 2.34. The van der Waals surface area contributed by atoms with Crippen molar-refractivity contribution in [3.8, 4) is 34.5 Å². The number of alkyl halides is 3. The standard InChI is InChI=1S/C26H17F5N4O4/c1-34-23(21-18(27)11-17(38-2)12-19(21)28)22(25(37)35(34)20-6-4-3-5-15(20)13-32)33-24(36)14-7-9-16(10-8-14)39-26(29,30)31/h3-12H,1-2H3,(H,33,36). The van der Waals surface area contributed by atoms with E-state index in [0.29, 0.717) is 0 Å². The summed E-state index contributed by atoms with van der Waals surface area (Å²) in [5.41, 5.74) is -2.59. The highest BCUT2D eigenvalue weighted by molar-refractivity contribution is 6.06. The lowest BCUT2D eigenvalue weighted by atomic mass is 10.1. The van der Waals surface area contributed by atoms with Gasteiger partial charge in [0.15, 0.2) is 0 Å². The maximum atomic E-state index is 15.2. The number of anilines is 1. The Labute approximate surface area is 217 Å². The Hall–Kier alpha value is -5.12. The second-order valence-electron chi connectivity index (χ2n) is 7.99. The Morgan fingerprint density at radius 1 is 1.00 bits per heavy atom. The molecule has 1 aromatic heterocycles. The lowest BCUT2D eigenvalue weighted by Crippen LogP contribution is -2.23. The Balaban J connectivity index is 1.88. The van der Waals surface area contributed by atoms with Gasteiger partial charge in [-0.05, 0) is 36.4 Å². The van der Waals surface area contributed by atoms with Crippen LogP contribution in [0.25, 0.3) is 16.9 Å². The molecule has 13 heteroatoms. The van der Waals surface area contributed by atoms with Crippen LogP contribution in [0.2, 0.25) is 0 Å². The summed E-state index contributed by atoms with van der Waals surface area (Å²) in [7, 11) is 2.50. The fourth-order valence-electron chi connectivity index (χ4n) is 3.92. The number of nitrogens with one attached hydrogen (secondary N) is 1. The van der Waals surface area contributed by atoms with Gasteiger partial charge in [0.05, 0.1) is 23.9 Å². The summed E-state index contributed by atoms with van der Waals surface area (Å²) < 4.78 is 78.4. The third-order valence-corrected chi connectivity index (χ3v) is 5.60. The van der Waals surface area contributed by atoms with Crippen molar-refractivity contribution in [1.29, 1.82) is 5.26 Å². The van der Waals surface area contributed by atoms with Gasteiger partial charge in [0.1, 0.15) is 40.6 Å². The maximum absolute atomic E-state index is 15.2. The number of ether oxygens (including phenoxy) is 2. The number of aromatic nitrogens is 2. The molecule has 0 saturated carbocycles. The van der Waals surface area contributed by atoms with Gasteiger partial charge in [-0.2, -0.15) is 5.26 Å². The lowest BCUT2D eigenvalue weighted by Gasteiger charge is -2.13. The highest BCUT2D eigenvalue weighted by Gasteiger charge is 2.31. The predicted octanol–water partition coefficient (Wildman–Crippen LogP) is 5.15. The molecular weight excluding hydrogens is 527 g/mol. The van der Waals surface area contributed by atoms with E-state index >= 15 is 8.78 Å². The molecule has 4 aromatic rings. The largest absolute Gasteiger partial charge is 0.573 e. The van der Waals surface area contributed by atoms with Crippen molar-refractivity contribution in [1.82, 2.24) is 9.36 Å². The SMILES string of the molecule is COc1cc(F)c(-c2c(NC(=O)c3ccc(OC(F)(F)F)cc3)c(=O)n(-c3ccccc3C#N)n2C)c(F)c1. The fraction of sp³-hybridized carbons (Fsp3) is 0.115. The third-order valence-electron chi connectivity index (χ3n) is 5.60.